The molecule has 23 heavy (non-hydrogen) atoms. The Morgan fingerprint density at radius 1 is 1.30 bits per heavy atom. The standard InChI is InChI=1S/C18H37N3O2/c1-6-14-7-9-15(10-8-14)21(5)16(13-19)11-12-20-17(22)23-18(2,3)4/h14-16H,6-13,19H2,1-5H3,(H,20,22). The number of carbonyl (C=O) groups is 1. The van der Waals surface area contributed by atoms with E-state index in [4.69, 9.17) is 10.5 Å². The molecule has 5 nitrogen and oxygen atoms in total. The Balaban J connectivity index is 2.34. The van der Waals surface area contributed by atoms with Crippen molar-refractivity contribution in [3.05, 3.63) is 0 Å². The molecule has 0 heterocycles. The van der Waals surface area contributed by atoms with Crippen LogP contribution in [0.3, 0.4) is 0 Å². The molecule has 5 heteroatoms. The van der Waals surface area contributed by atoms with Gasteiger partial charge in [-0.2, -0.15) is 0 Å². The van der Waals surface area contributed by atoms with Gasteiger partial charge in [0, 0.05) is 25.2 Å². The number of nitrogens with two attached hydrogens (primary N) is 1. The van der Waals surface area contributed by atoms with Crippen LogP contribution in [-0.2, 0) is 4.74 Å². The number of ether oxygens (including phenoxy) is 1. The fraction of sp³-hybridized carbons (Fsp3) is 0.944. The van der Waals surface area contributed by atoms with Crippen LogP contribution >= 0.6 is 0 Å². The van der Waals surface area contributed by atoms with E-state index >= 15 is 0 Å². The maximum Gasteiger partial charge on any atom is 0.407 e. The number of likely N-dealkylation sites (N-methyl/N-ethyl adjacent to an activating group) is 1. The van der Waals surface area contributed by atoms with Gasteiger partial charge in [-0.3, -0.25) is 4.90 Å². The highest BCUT2D eigenvalue weighted by Gasteiger charge is 2.26. The van der Waals surface area contributed by atoms with Crippen molar-refractivity contribution in [1.29, 1.82) is 0 Å². The van der Waals surface area contributed by atoms with Gasteiger partial charge in [-0.1, -0.05) is 13.3 Å². The molecule has 0 aromatic carbocycles. The molecule has 1 aliphatic carbocycles. The Bertz CT molecular complexity index is 347. The van der Waals surface area contributed by atoms with Gasteiger partial charge in [0.1, 0.15) is 5.60 Å². The van der Waals surface area contributed by atoms with Crippen molar-refractivity contribution in [2.45, 2.75) is 83.9 Å². The van der Waals surface area contributed by atoms with E-state index in [1.807, 2.05) is 20.8 Å². The largest absolute Gasteiger partial charge is 0.444 e. The third-order valence-corrected chi connectivity index (χ3v) is 4.96. The Hall–Kier alpha value is -0.810. The zero-order valence-electron chi connectivity index (χ0n) is 15.7. The van der Waals surface area contributed by atoms with Gasteiger partial charge >= 0.3 is 6.09 Å². The highest BCUT2D eigenvalue weighted by molar-refractivity contribution is 5.67. The topological polar surface area (TPSA) is 67.6 Å². The molecule has 0 bridgehead atoms. The first kappa shape index (κ1) is 20.2. The lowest BCUT2D eigenvalue weighted by Gasteiger charge is -2.38. The van der Waals surface area contributed by atoms with Crippen molar-refractivity contribution >= 4 is 6.09 Å². The fourth-order valence-electron chi connectivity index (χ4n) is 3.40. The summed E-state index contributed by atoms with van der Waals surface area (Å²) in [6.07, 6.45) is 7.02. The van der Waals surface area contributed by atoms with E-state index in [2.05, 4.69) is 24.2 Å². The first-order valence-electron chi connectivity index (χ1n) is 9.15. The predicted molar refractivity (Wildman–Crippen MR) is 95.5 cm³/mol. The maximum absolute atomic E-state index is 11.7. The van der Waals surface area contributed by atoms with Gasteiger partial charge in [-0.25, -0.2) is 4.79 Å². The summed E-state index contributed by atoms with van der Waals surface area (Å²) in [6.45, 7) is 9.13. The first-order chi connectivity index (χ1) is 10.8. The summed E-state index contributed by atoms with van der Waals surface area (Å²) in [4.78, 5) is 14.1. The predicted octanol–water partition coefficient (Wildman–Crippen LogP) is 3.13. The van der Waals surface area contributed by atoms with Crippen molar-refractivity contribution in [1.82, 2.24) is 10.2 Å². The molecule has 1 amide bonds. The van der Waals surface area contributed by atoms with Crippen LogP contribution in [0.1, 0.15) is 66.2 Å². The minimum Gasteiger partial charge on any atom is -0.444 e. The summed E-state index contributed by atoms with van der Waals surface area (Å²) < 4.78 is 5.26. The highest BCUT2D eigenvalue weighted by atomic mass is 16.6. The van der Waals surface area contributed by atoms with Gasteiger partial charge in [0.05, 0.1) is 0 Å². The molecule has 1 fully saturated rings. The van der Waals surface area contributed by atoms with Crippen molar-refractivity contribution in [2.24, 2.45) is 11.7 Å². The lowest BCUT2D eigenvalue weighted by atomic mass is 9.83. The van der Waals surface area contributed by atoms with E-state index in [1.54, 1.807) is 0 Å². The third-order valence-electron chi connectivity index (χ3n) is 4.96. The average molecular weight is 328 g/mol. The van der Waals surface area contributed by atoms with Crippen LogP contribution in [-0.4, -0.2) is 48.8 Å². The molecule has 1 saturated carbocycles. The van der Waals surface area contributed by atoms with Crippen molar-refractivity contribution < 1.29 is 9.53 Å². The Morgan fingerprint density at radius 3 is 2.39 bits per heavy atom. The number of hydrogen-bond donors (Lipinski definition) is 2. The van der Waals surface area contributed by atoms with Gasteiger partial charge in [-0.05, 0) is 65.8 Å². The van der Waals surface area contributed by atoms with Crippen LogP contribution in [0.4, 0.5) is 4.79 Å². The molecular formula is C18H37N3O2. The minimum atomic E-state index is -0.452. The zero-order valence-corrected chi connectivity index (χ0v) is 15.7. The van der Waals surface area contributed by atoms with Crippen molar-refractivity contribution in [2.75, 3.05) is 20.1 Å². The quantitative estimate of drug-likeness (QED) is 0.754. The molecule has 0 saturated heterocycles. The number of amides is 1. The van der Waals surface area contributed by atoms with Gasteiger partial charge in [0.25, 0.3) is 0 Å². The van der Waals surface area contributed by atoms with Crippen LogP contribution in [0.25, 0.3) is 0 Å². The molecule has 1 unspecified atom stereocenters. The molecule has 3 N–H and O–H groups in total. The number of hydrogen-bond acceptors (Lipinski definition) is 4. The lowest BCUT2D eigenvalue weighted by Crippen LogP contribution is -2.47. The molecule has 0 radical (unpaired) electrons. The molecule has 0 aliphatic heterocycles. The third kappa shape index (κ3) is 7.53. The second-order valence-electron chi connectivity index (χ2n) is 7.86. The van der Waals surface area contributed by atoms with Crippen LogP contribution in [0, 0.1) is 5.92 Å². The van der Waals surface area contributed by atoms with Gasteiger partial charge < -0.3 is 15.8 Å². The molecule has 136 valence electrons. The van der Waals surface area contributed by atoms with E-state index in [-0.39, 0.29) is 6.09 Å². The average Bonchev–Trinajstić information content (AvgIpc) is 2.49. The summed E-state index contributed by atoms with van der Waals surface area (Å²) in [7, 11) is 2.18. The fourth-order valence-corrected chi connectivity index (χ4v) is 3.40. The summed E-state index contributed by atoms with van der Waals surface area (Å²) >= 11 is 0. The second kappa shape index (κ2) is 9.48. The number of nitrogens with one attached hydrogen (secondary N) is 1. The number of alkyl carbamates (subject to hydrolysis) is 1. The zero-order chi connectivity index (χ0) is 17.5. The van der Waals surface area contributed by atoms with Gasteiger partial charge in [0.2, 0.25) is 0 Å². The van der Waals surface area contributed by atoms with Crippen molar-refractivity contribution in [3.8, 4) is 0 Å². The number of carbonyl (C=O) groups excluding carboxylic acids is 1. The maximum atomic E-state index is 11.7. The van der Waals surface area contributed by atoms with Gasteiger partial charge in [-0.15, -0.1) is 0 Å². The first-order valence-corrected chi connectivity index (χ1v) is 9.15. The smallest absolute Gasteiger partial charge is 0.407 e. The van der Waals surface area contributed by atoms with Crippen LogP contribution < -0.4 is 11.1 Å². The van der Waals surface area contributed by atoms with E-state index < -0.39 is 5.60 Å². The number of rotatable bonds is 7. The summed E-state index contributed by atoms with van der Waals surface area (Å²) in [5, 5.41) is 2.83. The van der Waals surface area contributed by atoms with Crippen LogP contribution in [0.2, 0.25) is 0 Å². The summed E-state index contributed by atoms with van der Waals surface area (Å²) in [6, 6.07) is 0.945. The molecule has 1 rings (SSSR count). The highest BCUT2D eigenvalue weighted by Crippen LogP contribution is 2.29. The Labute approximate surface area is 142 Å². The van der Waals surface area contributed by atoms with Gasteiger partial charge in [0.15, 0.2) is 0 Å². The van der Waals surface area contributed by atoms with E-state index in [0.29, 0.717) is 25.2 Å². The Kier molecular flexibility index (Phi) is 8.34. The molecular weight excluding hydrogens is 290 g/mol. The number of nitrogens with zero attached hydrogens (tertiary/aromatic N) is 1. The normalized spacial score (nSPS) is 23.6. The van der Waals surface area contributed by atoms with E-state index in [9.17, 15) is 4.79 Å². The Morgan fingerprint density at radius 2 is 1.91 bits per heavy atom. The molecule has 0 spiro atoms. The summed E-state index contributed by atoms with van der Waals surface area (Å²) in [5.41, 5.74) is 5.51. The van der Waals surface area contributed by atoms with E-state index in [1.165, 1.54) is 32.1 Å². The van der Waals surface area contributed by atoms with Crippen LogP contribution in [0.5, 0.6) is 0 Å². The molecule has 1 atom stereocenters. The second-order valence-corrected chi connectivity index (χ2v) is 7.86. The van der Waals surface area contributed by atoms with Crippen molar-refractivity contribution in [3.63, 3.8) is 0 Å². The van der Waals surface area contributed by atoms with E-state index in [0.717, 1.165) is 12.3 Å². The molecule has 0 aromatic heterocycles. The lowest BCUT2D eigenvalue weighted by molar-refractivity contribution is 0.0518. The monoisotopic (exact) mass is 327 g/mol. The van der Waals surface area contributed by atoms with Crippen LogP contribution in [0.15, 0.2) is 0 Å². The SMILES string of the molecule is CCC1CCC(N(C)C(CN)CCNC(=O)OC(C)(C)C)CC1. The summed E-state index contributed by atoms with van der Waals surface area (Å²) in [5.74, 6) is 0.907. The minimum absolute atomic E-state index is 0.313. The molecule has 0 aromatic rings. The molecule has 1 aliphatic rings.